The van der Waals surface area contributed by atoms with Gasteiger partial charge in [0.1, 0.15) is 5.68 Å². The van der Waals surface area contributed by atoms with E-state index in [0.717, 1.165) is 16.5 Å². The number of benzene rings is 1. The number of aromatic nitrogens is 1. The van der Waals surface area contributed by atoms with Crippen LogP contribution < -0.4 is 4.90 Å². The number of hydrogen-bond donors (Lipinski definition) is 0. The number of anilines is 1. The lowest BCUT2D eigenvalue weighted by molar-refractivity contribution is 0.108. The third kappa shape index (κ3) is 2.69. The van der Waals surface area contributed by atoms with Crippen molar-refractivity contribution in [1.29, 1.82) is 0 Å². The van der Waals surface area contributed by atoms with Crippen molar-refractivity contribution < 1.29 is 4.79 Å². The molecule has 0 N–H and O–H groups in total. The number of pyridine rings is 1. The molecule has 102 valence electrons. The van der Waals surface area contributed by atoms with Crippen molar-refractivity contribution in [3.8, 4) is 0 Å². The minimum Gasteiger partial charge on any atom is -0.365 e. The molecular weight excluding hydrogens is 247 g/mol. The highest BCUT2D eigenvalue weighted by molar-refractivity contribution is 6.62. The quantitative estimate of drug-likeness (QED) is 0.797. The van der Waals surface area contributed by atoms with Crippen molar-refractivity contribution >= 4 is 30.0 Å². The van der Waals surface area contributed by atoms with Gasteiger partial charge < -0.3 is 9.69 Å². The molecule has 0 saturated heterocycles. The molecule has 0 atom stereocenters. The maximum absolute atomic E-state index is 11.4. The summed E-state index contributed by atoms with van der Waals surface area (Å²) in [6.07, 6.45) is 3.66. The van der Waals surface area contributed by atoms with Gasteiger partial charge in [-0.1, -0.05) is 12.1 Å². The van der Waals surface area contributed by atoms with Crippen molar-refractivity contribution in [3.05, 3.63) is 36.2 Å². The first-order valence-electron chi connectivity index (χ1n) is 6.87. The molecule has 0 bridgehead atoms. The van der Waals surface area contributed by atoms with Gasteiger partial charge in [0.15, 0.2) is 7.85 Å². The summed E-state index contributed by atoms with van der Waals surface area (Å²) in [6.45, 7) is 8.60. The van der Waals surface area contributed by atoms with E-state index in [1.54, 1.807) is 6.07 Å². The van der Waals surface area contributed by atoms with Crippen LogP contribution in [0, 0.1) is 0 Å². The maximum Gasteiger partial charge on any atom is 0.175 e. The second-order valence-corrected chi connectivity index (χ2v) is 5.55. The lowest BCUT2D eigenvalue weighted by atomic mass is 9.93. The number of rotatable bonds is 4. The zero-order chi connectivity index (χ0) is 14.9. The van der Waals surface area contributed by atoms with Gasteiger partial charge in [-0.15, -0.1) is 0 Å². The number of carbonyl (C=O) groups is 1. The standard InChI is InChI=1S/C16H19BN2O/c1-10(2)19(11(3)4)15-9-18-8-13-6-5-12(16(17)20)7-14(13)15/h5-11H,1-4H3. The van der Waals surface area contributed by atoms with E-state index in [1.165, 1.54) is 0 Å². The average molecular weight is 266 g/mol. The van der Waals surface area contributed by atoms with Crippen LogP contribution in [-0.4, -0.2) is 30.6 Å². The van der Waals surface area contributed by atoms with Crippen LogP contribution in [0.1, 0.15) is 38.1 Å². The fourth-order valence-electron chi connectivity index (χ4n) is 2.66. The molecule has 1 aromatic carbocycles. The van der Waals surface area contributed by atoms with Gasteiger partial charge in [-0.25, -0.2) is 0 Å². The highest BCUT2D eigenvalue weighted by Gasteiger charge is 2.17. The van der Waals surface area contributed by atoms with Gasteiger partial charge in [0.2, 0.25) is 0 Å². The van der Waals surface area contributed by atoms with Crippen molar-refractivity contribution in [3.63, 3.8) is 0 Å². The maximum atomic E-state index is 11.4. The lowest BCUT2D eigenvalue weighted by Gasteiger charge is -2.33. The Kier molecular flexibility index (Phi) is 4.12. The topological polar surface area (TPSA) is 33.2 Å². The molecular formula is C16H19BN2O. The number of fused-ring (bicyclic) bond motifs is 1. The zero-order valence-corrected chi connectivity index (χ0v) is 12.4. The molecule has 0 aliphatic carbocycles. The predicted molar refractivity (Wildman–Crippen MR) is 84.6 cm³/mol. The Morgan fingerprint density at radius 3 is 2.35 bits per heavy atom. The molecule has 0 spiro atoms. The smallest absolute Gasteiger partial charge is 0.175 e. The summed E-state index contributed by atoms with van der Waals surface area (Å²) in [5.41, 5.74) is 1.16. The summed E-state index contributed by atoms with van der Waals surface area (Å²) < 4.78 is 0. The largest absolute Gasteiger partial charge is 0.365 e. The zero-order valence-electron chi connectivity index (χ0n) is 12.4. The van der Waals surface area contributed by atoms with Gasteiger partial charge >= 0.3 is 0 Å². The Balaban J connectivity index is 2.68. The van der Waals surface area contributed by atoms with Crippen LogP contribution in [0.3, 0.4) is 0 Å². The van der Waals surface area contributed by atoms with Crippen LogP contribution in [0.2, 0.25) is 0 Å². The third-order valence-corrected chi connectivity index (χ3v) is 3.42. The monoisotopic (exact) mass is 266 g/mol. The minimum absolute atomic E-state index is 0.347. The van der Waals surface area contributed by atoms with Gasteiger partial charge in [0.25, 0.3) is 0 Å². The van der Waals surface area contributed by atoms with Crippen LogP contribution in [-0.2, 0) is 0 Å². The Bertz CT molecular complexity index is 629. The van der Waals surface area contributed by atoms with E-state index in [2.05, 4.69) is 37.6 Å². The molecule has 20 heavy (non-hydrogen) atoms. The second-order valence-electron chi connectivity index (χ2n) is 5.55. The minimum atomic E-state index is -0.407. The van der Waals surface area contributed by atoms with Crippen LogP contribution in [0.5, 0.6) is 0 Å². The molecule has 0 aliphatic rings. The van der Waals surface area contributed by atoms with Crippen molar-refractivity contribution in [2.75, 3.05) is 4.90 Å². The molecule has 4 heteroatoms. The first-order valence-corrected chi connectivity index (χ1v) is 6.87. The molecule has 2 radical (unpaired) electrons. The van der Waals surface area contributed by atoms with Gasteiger partial charge in [-0.05, 0) is 33.8 Å². The van der Waals surface area contributed by atoms with Crippen molar-refractivity contribution in [1.82, 2.24) is 4.98 Å². The van der Waals surface area contributed by atoms with Crippen LogP contribution in [0.4, 0.5) is 5.69 Å². The summed E-state index contributed by atoms with van der Waals surface area (Å²) >= 11 is 0. The lowest BCUT2D eigenvalue weighted by Crippen LogP contribution is -2.37. The van der Waals surface area contributed by atoms with Gasteiger partial charge in [0, 0.05) is 34.6 Å². The summed E-state index contributed by atoms with van der Waals surface area (Å²) in [5.74, 6) is 0. The number of carbonyl (C=O) groups excluding carboxylic acids is 1. The van der Waals surface area contributed by atoms with Gasteiger partial charge in [-0.2, -0.15) is 0 Å². The van der Waals surface area contributed by atoms with E-state index in [-0.39, 0.29) is 0 Å². The second kappa shape index (κ2) is 5.65. The SMILES string of the molecule is [B]C(=O)c1ccc2cncc(N(C(C)C)C(C)C)c2c1. The van der Waals surface area contributed by atoms with Crippen molar-refractivity contribution in [2.45, 2.75) is 39.8 Å². The van der Waals surface area contributed by atoms with Gasteiger partial charge in [-0.3, -0.25) is 4.98 Å². The van der Waals surface area contributed by atoms with E-state index in [1.807, 2.05) is 24.5 Å². The Labute approximate surface area is 121 Å². The molecule has 0 aliphatic heterocycles. The molecule has 0 saturated carbocycles. The molecule has 0 amide bonds. The van der Waals surface area contributed by atoms with Crippen LogP contribution >= 0.6 is 0 Å². The van der Waals surface area contributed by atoms with E-state index < -0.39 is 5.68 Å². The van der Waals surface area contributed by atoms with Crippen LogP contribution in [0.25, 0.3) is 10.8 Å². The summed E-state index contributed by atoms with van der Waals surface area (Å²) in [6, 6.07) is 6.18. The fourth-order valence-corrected chi connectivity index (χ4v) is 2.66. The first-order chi connectivity index (χ1) is 9.41. The van der Waals surface area contributed by atoms with Crippen molar-refractivity contribution in [2.24, 2.45) is 0 Å². The molecule has 2 rings (SSSR count). The molecule has 0 fully saturated rings. The Hall–Kier alpha value is -1.84. The fraction of sp³-hybridized carbons (Fsp3) is 0.375. The number of hydrogen-bond acceptors (Lipinski definition) is 3. The summed E-state index contributed by atoms with van der Waals surface area (Å²) in [4.78, 5) is 18.0. The summed E-state index contributed by atoms with van der Waals surface area (Å²) in [5, 5.41) is 2.03. The molecule has 2 aromatic rings. The molecule has 3 nitrogen and oxygen atoms in total. The Morgan fingerprint density at radius 1 is 1.15 bits per heavy atom. The normalized spacial score (nSPS) is 11.3. The van der Waals surface area contributed by atoms with E-state index in [9.17, 15) is 4.79 Å². The van der Waals surface area contributed by atoms with E-state index in [4.69, 9.17) is 7.85 Å². The highest BCUT2D eigenvalue weighted by Crippen LogP contribution is 2.29. The number of nitrogens with zero attached hydrogens (tertiary/aromatic N) is 2. The van der Waals surface area contributed by atoms with E-state index >= 15 is 0 Å². The molecule has 1 heterocycles. The van der Waals surface area contributed by atoms with Crippen LogP contribution in [0.15, 0.2) is 30.6 Å². The Morgan fingerprint density at radius 2 is 1.80 bits per heavy atom. The summed E-state index contributed by atoms with van der Waals surface area (Å²) in [7, 11) is 5.38. The van der Waals surface area contributed by atoms with E-state index in [0.29, 0.717) is 17.6 Å². The molecule has 0 unspecified atom stereocenters. The molecule has 1 aromatic heterocycles. The first kappa shape index (κ1) is 14.6. The third-order valence-electron chi connectivity index (χ3n) is 3.42. The average Bonchev–Trinajstić information content (AvgIpc) is 2.37. The highest BCUT2D eigenvalue weighted by atomic mass is 16.1. The van der Waals surface area contributed by atoms with Gasteiger partial charge in [0.05, 0.1) is 11.9 Å². The predicted octanol–water partition coefficient (Wildman–Crippen LogP) is 3.17.